The zero-order chi connectivity index (χ0) is 17.9. The molecular formula is C21H25N3O2. The van der Waals surface area contributed by atoms with E-state index in [9.17, 15) is 5.11 Å². The Morgan fingerprint density at radius 2 is 1.77 bits per heavy atom. The maximum absolute atomic E-state index is 9.47. The summed E-state index contributed by atoms with van der Waals surface area (Å²) in [6.07, 6.45) is 2.19. The van der Waals surface area contributed by atoms with E-state index in [4.69, 9.17) is 10.1 Å². The first-order chi connectivity index (χ1) is 12.8. The second-order valence-electron chi connectivity index (χ2n) is 7.06. The Kier molecular flexibility index (Phi) is 4.91. The Bertz CT molecular complexity index is 873. The first-order valence-electron chi connectivity index (χ1n) is 9.28. The summed E-state index contributed by atoms with van der Waals surface area (Å²) >= 11 is 0. The number of benzene rings is 2. The van der Waals surface area contributed by atoms with Gasteiger partial charge in [0.15, 0.2) is 0 Å². The highest BCUT2D eigenvalue weighted by Crippen LogP contribution is 2.29. The number of imidazole rings is 1. The fourth-order valence-electron chi connectivity index (χ4n) is 3.92. The van der Waals surface area contributed by atoms with Gasteiger partial charge in [-0.2, -0.15) is 0 Å². The van der Waals surface area contributed by atoms with Crippen molar-refractivity contribution in [3.63, 3.8) is 0 Å². The first-order valence-corrected chi connectivity index (χ1v) is 9.28. The standard InChI is InChI=1S/C21H25N3O2/c25-12-11-24-20-4-2-1-3-19(20)22-21(24)23-10-9-18(14-23)13-16-5-7-17(15-26)8-6-16/h1-8,18,25-26H,9-15H2. The highest BCUT2D eigenvalue weighted by molar-refractivity contribution is 5.78. The van der Waals surface area contributed by atoms with Crippen molar-refractivity contribution in [3.05, 3.63) is 59.7 Å². The minimum atomic E-state index is 0.0958. The van der Waals surface area contributed by atoms with E-state index in [1.807, 2.05) is 30.3 Å². The van der Waals surface area contributed by atoms with E-state index in [1.165, 1.54) is 5.56 Å². The smallest absolute Gasteiger partial charge is 0.206 e. The van der Waals surface area contributed by atoms with Crippen molar-refractivity contribution in [2.45, 2.75) is 26.0 Å². The van der Waals surface area contributed by atoms with Gasteiger partial charge < -0.3 is 19.7 Å². The molecule has 1 fully saturated rings. The highest BCUT2D eigenvalue weighted by atomic mass is 16.3. The number of aliphatic hydroxyl groups excluding tert-OH is 2. The molecule has 136 valence electrons. The van der Waals surface area contributed by atoms with Crippen LogP contribution in [-0.2, 0) is 19.6 Å². The van der Waals surface area contributed by atoms with Crippen LogP contribution in [0.15, 0.2) is 48.5 Å². The predicted octanol–water partition coefficient (Wildman–Crippen LogP) is 2.59. The van der Waals surface area contributed by atoms with E-state index in [2.05, 4.69) is 27.7 Å². The van der Waals surface area contributed by atoms with Crippen molar-refractivity contribution in [2.24, 2.45) is 5.92 Å². The molecule has 1 aliphatic rings. The molecule has 2 heterocycles. The minimum absolute atomic E-state index is 0.0958. The number of aliphatic hydroxyl groups is 2. The molecule has 0 aliphatic carbocycles. The number of hydrogen-bond acceptors (Lipinski definition) is 4. The van der Waals surface area contributed by atoms with Crippen molar-refractivity contribution in [1.29, 1.82) is 0 Å². The maximum Gasteiger partial charge on any atom is 0.206 e. The van der Waals surface area contributed by atoms with Crippen LogP contribution >= 0.6 is 0 Å². The van der Waals surface area contributed by atoms with E-state index >= 15 is 0 Å². The Labute approximate surface area is 153 Å². The van der Waals surface area contributed by atoms with Crippen LogP contribution in [0.3, 0.4) is 0 Å². The molecule has 1 aromatic heterocycles. The van der Waals surface area contributed by atoms with Crippen LogP contribution in [0.4, 0.5) is 5.95 Å². The quantitative estimate of drug-likeness (QED) is 0.717. The number of aromatic nitrogens is 2. The molecule has 1 aliphatic heterocycles. The molecule has 0 bridgehead atoms. The average molecular weight is 351 g/mol. The molecule has 0 spiro atoms. The highest BCUT2D eigenvalue weighted by Gasteiger charge is 2.26. The lowest BCUT2D eigenvalue weighted by Crippen LogP contribution is -2.24. The molecule has 0 amide bonds. The lowest BCUT2D eigenvalue weighted by Gasteiger charge is -2.19. The first kappa shape index (κ1) is 17.1. The molecule has 2 N–H and O–H groups in total. The normalized spacial score (nSPS) is 17.3. The second kappa shape index (κ2) is 7.48. The third kappa shape index (κ3) is 3.32. The van der Waals surface area contributed by atoms with Crippen LogP contribution in [0.1, 0.15) is 17.5 Å². The van der Waals surface area contributed by atoms with E-state index < -0.39 is 0 Å². The van der Waals surface area contributed by atoms with E-state index in [0.29, 0.717) is 12.5 Å². The van der Waals surface area contributed by atoms with Gasteiger partial charge in [-0.3, -0.25) is 0 Å². The lowest BCUT2D eigenvalue weighted by molar-refractivity contribution is 0.278. The fourth-order valence-corrected chi connectivity index (χ4v) is 3.92. The maximum atomic E-state index is 9.47. The van der Waals surface area contributed by atoms with Crippen LogP contribution in [0.5, 0.6) is 0 Å². The van der Waals surface area contributed by atoms with Crippen molar-refractivity contribution < 1.29 is 10.2 Å². The molecule has 0 saturated carbocycles. The molecule has 5 heteroatoms. The van der Waals surface area contributed by atoms with E-state index in [-0.39, 0.29) is 13.2 Å². The summed E-state index contributed by atoms with van der Waals surface area (Å²) in [5, 5.41) is 18.6. The second-order valence-corrected chi connectivity index (χ2v) is 7.06. The predicted molar refractivity (Wildman–Crippen MR) is 103 cm³/mol. The van der Waals surface area contributed by atoms with Crippen LogP contribution in [0, 0.1) is 5.92 Å². The van der Waals surface area contributed by atoms with Gasteiger partial charge in [-0.1, -0.05) is 36.4 Å². The number of hydrogen-bond donors (Lipinski definition) is 2. The number of nitrogens with zero attached hydrogens (tertiary/aromatic N) is 3. The monoisotopic (exact) mass is 351 g/mol. The summed E-state index contributed by atoms with van der Waals surface area (Å²) < 4.78 is 2.13. The molecule has 5 nitrogen and oxygen atoms in total. The van der Waals surface area contributed by atoms with Gasteiger partial charge in [-0.05, 0) is 42.0 Å². The van der Waals surface area contributed by atoms with Gasteiger partial charge in [0.05, 0.1) is 24.2 Å². The van der Waals surface area contributed by atoms with Gasteiger partial charge in [0, 0.05) is 19.6 Å². The molecule has 0 radical (unpaired) electrons. The molecule has 3 aromatic rings. The zero-order valence-corrected chi connectivity index (χ0v) is 14.9. The Hall–Kier alpha value is -2.37. The summed E-state index contributed by atoms with van der Waals surface area (Å²) in [6, 6.07) is 16.4. The Morgan fingerprint density at radius 1 is 1.00 bits per heavy atom. The third-order valence-electron chi connectivity index (χ3n) is 5.26. The number of fused-ring (bicyclic) bond motifs is 1. The molecule has 2 aromatic carbocycles. The largest absolute Gasteiger partial charge is 0.395 e. The molecule has 4 rings (SSSR count). The van der Waals surface area contributed by atoms with Crippen LogP contribution in [0.25, 0.3) is 11.0 Å². The Morgan fingerprint density at radius 3 is 2.54 bits per heavy atom. The van der Waals surface area contributed by atoms with Gasteiger partial charge in [-0.15, -0.1) is 0 Å². The zero-order valence-electron chi connectivity index (χ0n) is 14.9. The molecule has 26 heavy (non-hydrogen) atoms. The third-order valence-corrected chi connectivity index (χ3v) is 5.26. The summed E-state index contributed by atoms with van der Waals surface area (Å²) in [5.74, 6) is 1.57. The topological polar surface area (TPSA) is 61.5 Å². The number of rotatable bonds is 6. The summed E-state index contributed by atoms with van der Waals surface area (Å²) in [4.78, 5) is 7.18. The van der Waals surface area contributed by atoms with Crippen molar-refractivity contribution in [3.8, 4) is 0 Å². The van der Waals surface area contributed by atoms with Gasteiger partial charge in [0.2, 0.25) is 5.95 Å². The summed E-state index contributed by atoms with van der Waals surface area (Å²) in [6.45, 7) is 2.75. The molecule has 1 saturated heterocycles. The van der Waals surface area contributed by atoms with Gasteiger partial charge in [-0.25, -0.2) is 4.98 Å². The average Bonchev–Trinajstić information content (AvgIpc) is 3.28. The number of para-hydroxylation sites is 2. The van der Waals surface area contributed by atoms with Gasteiger partial charge in [0.1, 0.15) is 0 Å². The molecule has 1 unspecified atom stereocenters. The van der Waals surface area contributed by atoms with Crippen LogP contribution < -0.4 is 4.90 Å². The van der Waals surface area contributed by atoms with Gasteiger partial charge >= 0.3 is 0 Å². The summed E-state index contributed by atoms with van der Waals surface area (Å²) in [7, 11) is 0. The van der Waals surface area contributed by atoms with Gasteiger partial charge in [0.25, 0.3) is 0 Å². The SMILES string of the molecule is OCCn1c(N2CCC(Cc3ccc(CO)cc3)C2)nc2ccccc21. The van der Waals surface area contributed by atoms with E-state index in [1.54, 1.807) is 0 Å². The number of anilines is 1. The minimum Gasteiger partial charge on any atom is -0.395 e. The van der Waals surface area contributed by atoms with Crippen LogP contribution in [-0.4, -0.2) is 39.5 Å². The van der Waals surface area contributed by atoms with Crippen molar-refractivity contribution >= 4 is 17.0 Å². The molecular weight excluding hydrogens is 326 g/mol. The Balaban J connectivity index is 1.51. The van der Waals surface area contributed by atoms with Crippen LogP contribution in [0.2, 0.25) is 0 Å². The van der Waals surface area contributed by atoms with Crippen molar-refractivity contribution in [2.75, 3.05) is 24.6 Å². The summed E-state index contributed by atoms with van der Waals surface area (Å²) in [5.41, 5.74) is 4.34. The van der Waals surface area contributed by atoms with Crippen molar-refractivity contribution in [1.82, 2.24) is 9.55 Å². The fraction of sp³-hybridized carbons (Fsp3) is 0.381. The van der Waals surface area contributed by atoms with E-state index in [0.717, 1.165) is 48.5 Å². The lowest BCUT2D eigenvalue weighted by atomic mass is 9.98. The molecule has 1 atom stereocenters.